The van der Waals surface area contributed by atoms with Crippen LogP contribution in [0.1, 0.15) is 56.2 Å². The number of aryl methyl sites for hydroxylation is 1. The SMILES string of the molecule is CCCCc1c(-c2ccc(-c3ccc(C#N)c(F)c3)c(F)c2)c(F)c2ccccc2c1CCCC. The maximum Gasteiger partial charge on any atom is 0.141 e. The lowest BCUT2D eigenvalue weighted by Gasteiger charge is -2.20. The summed E-state index contributed by atoms with van der Waals surface area (Å²) in [5.74, 6) is -1.59. The van der Waals surface area contributed by atoms with E-state index in [0.717, 1.165) is 61.1 Å². The predicted octanol–water partition coefficient (Wildman–Crippen LogP) is 9.15. The van der Waals surface area contributed by atoms with E-state index in [2.05, 4.69) is 13.8 Å². The first-order valence-corrected chi connectivity index (χ1v) is 12.2. The normalized spacial score (nSPS) is 11.1. The van der Waals surface area contributed by atoms with Crippen LogP contribution in [0.15, 0.2) is 60.7 Å². The number of nitriles is 1. The molecule has 0 saturated heterocycles. The molecule has 4 rings (SSSR count). The standard InChI is InChI=1S/C31H28F3N/c1-3-5-9-24-25-11-7-8-12-27(25)31(34)30(26(24)10-6-4-2)21-15-16-23(29(33)18-21)20-13-14-22(19-35)28(32)17-20/h7-8,11-18H,3-6,9-10H2,1-2H3. The van der Waals surface area contributed by atoms with Gasteiger partial charge < -0.3 is 0 Å². The van der Waals surface area contributed by atoms with Gasteiger partial charge in [-0.05, 0) is 71.5 Å². The van der Waals surface area contributed by atoms with E-state index in [1.165, 1.54) is 18.2 Å². The van der Waals surface area contributed by atoms with E-state index in [1.54, 1.807) is 24.3 Å². The molecule has 0 aliphatic rings. The highest BCUT2D eigenvalue weighted by Crippen LogP contribution is 2.39. The predicted molar refractivity (Wildman–Crippen MR) is 137 cm³/mol. The third-order valence-corrected chi connectivity index (χ3v) is 6.59. The smallest absolute Gasteiger partial charge is 0.141 e. The molecule has 0 aromatic heterocycles. The van der Waals surface area contributed by atoms with Gasteiger partial charge in [-0.2, -0.15) is 5.26 Å². The molecule has 0 amide bonds. The first kappa shape index (κ1) is 24.5. The number of hydrogen-bond acceptors (Lipinski definition) is 1. The van der Waals surface area contributed by atoms with Gasteiger partial charge in [0.25, 0.3) is 0 Å². The highest BCUT2D eigenvalue weighted by molar-refractivity contribution is 5.93. The molecule has 0 bridgehead atoms. The van der Waals surface area contributed by atoms with E-state index in [4.69, 9.17) is 5.26 Å². The third-order valence-electron chi connectivity index (χ3n) is 6.59. The van der Waals surface area contributed by atoms with E-state index in [9.17, 15) is 4.39 Å². The van der Waals surface area contributed by atoms with Crippen LogP contribution in [0.25, 0.3) is 33.0 Å². The van der Waals surface area contributed by atoms with Crippen LogP contribution < -0.4 is 0 Å². The molecule has 0 heterocycles. The van der Waals surface area contributed by atoms with Crippen molar-refractivity contribution in [2.75, 3.05) is 0 Å². The Morgan fingerprint density at radius 2 is 1.34 bits per heavy atom. The Balaban J connectivity index is 1.91. The van der Waals surface area contributed by atoms with Gasteiger partial charge in [-0.15, -0.1) is 0 Å². The molecule has 0 fully saturated rings. The number of nitrogens with zero attached hydrogens (tertiary/aromatic N) is 1. The second-order valence-corrected chi connectivity index (χ2v) is 8.90. The van der Waals surface area contributed by atoms with Crippen molar-refractivity contribution in [3.05, 3.63) is 94.8 Å². The molecule has 4 aromatic carbocycles. The maximum absolute atomic E-state index is 16.0. The van der Waals surface area contributed by atoms with Crippen LogP contribution in [0, 0.1) is 28.8 Å². The summed E-state index contributed by atoms with van der Waals surface area (Å²) in [6.07, 6.45) is 5.46. The fourth-order valence-electron chi connectivity index (χ4n) is 4.77. The molecule has 35 heavy (non-hydrogen) atoms. The van der Waals surface area contributed by atoms with Crippen LogP contribution >= 0.6 is 0 Å². The minimum Gasteiger partial charge on any atom is -0.206 e. The highest BCUT2D eigenvalue weighted by atomic mass is 19.1. The van der Waals surface area contributed by atoms with Crippen molar-refractivity contribution < 1.29 is 13.2 Å². The van der Waals surface area contributed by atoms with Crippen LogP contribution in [-0.4, -0.2) is 0 Å². The van der Waals surface area contributed by atoms with Crippen LogP contribution in [0.2, 0.25) is 0 Å². The lowest BCUT2D eigenvalue weighted by Crippen LogP contribution is -2.04. The molecule has 0 radical (unpaired) electrons. The Kier molecular flexibility index (Phi) is 7.56. The van der Waals surface area contributed by atoms with Crippen LogP contribution in [0.4, 0.5) is 13.2 Å². The monoisotopic (exact) mass is 471 g/mol. The molecule has 178 valence electrons. The minimum absolute atomic E-state index is 0.0933. The van der Waals surface area contributed by atoms with Crippen LogP contribution in [-0.2, 0) is 12.8 Å². The van der Waals surface area contributed by atoms with Crippen molar-refractivity contribution in [3.63, 3.8) is 0 Å². The molecule has 0 atom stereocenters. The summed E-state index contributed by atoms with van der Waals surface area (Å²) >= 11 is 0. The number of benzene rings is 4. The van der Waals surface area contributed by atoms with E-state index >= 15 is 8.78 Å². The van der Waals surface area contributed by atoms with E-state index in [1.807, 2.05) is 18.2 Å². The summed E-state index contributed by atoms with van der Waals surface area (Å²) in [4.78, 5) is 0. The quantitative estimate of drug-likeness (QED) is 0.251. The largest absolute Gasteiger partial charge is 0.206 e. The second-order valence-electron chi connectivity index (χ2n) is 8.90. The van der Waals surface area contributed by atoms with E-state index in [-0.39, 0.29) is 16.9 Å². The lowest BCUT2D eigenvalue weighted by molar-refractivity contribution is 0.621. The summed E-state index contributed by atoms with van der Waals surface area (Å²) in [6, 6.07) is 17.9. The van der Waals surface area contributed by atoms with Crippen molar-refractivity contribution in [2.24, 2.45) is 0 Å². The van der Waals surface area contributed by atoms with E-state index in [0.29, 0.717) is 22.1 Å². The molecular formula is C31H28F3N. The Hall–Kier alpha value is -3.58. The van der Waals surface area contributed by atoms with Gasteiger partial charge in [-0.25, -0.2) is 13.2 Å². The molecule has 4 heteroatoms. The van der Waals surface area contributed by atoms with Gasteiger partial charge in [0, 0.05) is 16.5 Å². The molecule has 0 unspecified atom stereocenters. The zero-order valence-corrected chi connectivity index (χ0v) is 20.1. The maximum atomic E-state index is 16.0. The van der Waals surface area contributed by atoms with Gasteiger partial charge in [0.2, 0.25) is 0 Å². The van der Waals surface area contributed by atoms with Crippen molar-refractivity contribution in [1.29, 1.82) is 5.26 Å². The fraction of sp³-hybridized carbons (Fsp3) is 0.258. The molecule has 0 spiro atoms. The number of halogens is 3. The minimum atomic E-state index is -0.698. The Morgan fingerprint density at radius 1 is 0.714 bits per heavy atom. The summed E-state index contributed by atoms with van der Waals surface area (Å²) < 4.78 is 45.5. The molecule has 1 nitrogen and oxygen atoms in total. The van der Waals surface area contributed by atoms with Crippen molar-refractivity contribution in [2.45, 2.75) is 52.4 Å². The first-order valence-electron chi connectivity index (χ1n) is 12.2. The summed E-state index contributed by atoms with van der Waals surface area (Å²) in [5.41, 5.74) is 3.48. The molecule has 0 N–H and O–H groups in total. The summed E-state index contributed by atoms with van der Waals surface area (Å²) in [5, 5.41) is 10.4. The van der Waals surface area contributed by atoms with Gasteiger partial charge in [0.15, 0.2) is 0 Å². The van der Waals surface area contributed by atoms with E-state index < -0.39 is 11.6 Å². The molecule has 4 aromatic rings. The number of unbranched alkanes of at least 4 members (excludes halogenated alkanes) is 2. The van der Waals surface area contributed by atoms with Gasteiger partial charge in [-0.1, -0.05) is 69.2 Å². The zero-order valence-electron chi connectivity index (χ0n) is 20.1. The molecule has 0 aliphatic heterocycles. The highest BCUT2D eigenvalue weighted by Gasteiger charge is 2.21. The zero-order chi connectivity index (χ0) is 24.9. The Morgan fingerprint density at radius 3 is 1.97 bits per heavy atom. The Labute approximate surface area is 204 Å². The van der Waals surface area contributed by atoms with Crippen molar-refractivity contribution >= 4 is 10.8 Å². The summed E-state index contributed by atoms with van der Waals surface area (Å²) in [7, 11) is 0. The van der Waals surface area contributed by atoms with Gasteiger partial charge in [0.1, 0.15) is 23.5 Å². The molecular weight excluding hydrogens is 443 g/mol. The van der Waals surface area contributed by atoms with Crippen molar-refractivity contribution in [1.82, 2.24) is 0 Å². The van der Waals surface area contributed by atoms with Gasteiger partial charge in [-0.3, -0.25) is 0 Å². The summed E-state index contributed by atoms with van der Waals surface area (Å²) in [6.45, 7) is 4.24. The van der Waals surface area contributed by atoms with Gasteiger partial charge >= 0.3 is 0 Å². The number of hydrogen-bond donors (Lipinski definition) is 0. The van der Waals surface area contributed by atoms with Gasteiger partial charge in [0.05, 0.1) is 5.56 Å². The average molecular weight is 472 g/mol. The number of rotatable bonds is 8. The average Bonchev–Trinajstić information content (AvgIpc) is 2.87. The number of fused-ring (bicyclic) bond motifs is 1. The van der Waals surface area contributed by atoms with Crippen molar-refractivity contribution in [3.8, 4) is 28.3 Å². The van der Waals surface area contributed by atoms with Crippen LogP contribution in [0.5, 0.6) is 0 Å². The fourth-order valence-corrected chi connectivity index (χ4v) is 4.77. The molecule has 0 aliphatic carbocycles. The lowest BCUT2D eigenvalue weighted by atomic mass is 9.85. The van der Waals surface area contributed by atoms with Crippen LogP contribution in [0.3, 0.4) is 0 Å². The third kappa shape index (κ3) is 4.82. The molecule has 0 saturated carbocycles. The first-order chi connectivity index (χ1) is 17.0. The topological polar surface area (TPSA) is 23.8 Å². The second kappa shape index (κ2) is 10.8. The Bertz CT molecular complexity index is 1420.